The quantitative estimate of drug-likeness (QED) is 0.577. The molecule has 0 spiro atoms. The van der Waals surface area contributed by atoms with Crippen LogP contribution in [0.15, 0.2) is 0 Å². The summed E-state index contributed by atoms with van der Waals surface area (Å²) in [6.07, 6.45) is 2.64. The van der Waals surface area contributed by atoms with Crippen LogP contribution >= 0.6 is 0 Å². The highest BCUT2D eigenvalue weighted by atomic mass is 16.5. The van der Waals surface area contributed by atoms with Crippen molar-refractivity contribution in [3.8, 4) is 23.7 Å². The molecular formula is C16H27NO. The number of nitrogens with one attached hydrogen (secondary N) is 1. The van der Waals surface area contributed by atoms with Gasteiger partial charge in [-0.05, 0) is 34.7 Å². The van der Waals surface area contributed by atoms with E-state index in [4.69, 9.17) is 4.74 Å². The third kappa shape index (κ3) is 11.5. The first-order valence-electron chi connectivity index (χ1n) is 6.63. The van der Waals surface area contributed by atoms with Crippen LogP contribution in [0.3, 0.4) is 0 Å². The van der Waals surface area contributed by atoms with Gasteiger partial charge in [0.15, 0.2) is 0 Å². The number of hydrogen-bond acceptors (Lipinski definition) is 2. The summed E-state index contributed by atoms with van der Waals surface area (Å²) in [7, 11) is 1.94. The Bertz CT molecular complexity index is 319. The average Bonchev–Trinajstić information content (AvgIpc) is 2.30. The average molecular weight is 249 g/mol. The molecule has 0 aliphatic carbocycles. The normalized spacial score (nSPS) is 12.1. The van der Waals surface area contributed by atoms with E-state index in [9.17, 15) is 0 Å². The Balaban J connectivity index is 4.11. The summed E-state index contributed by atoms with van der Waals surface area (Å²) in [4.78, 5) is 0. The molecule has 2 nitrogen and oxygen atoms in total. The molecule has 0 rings (SSSR count). The van der Waals surface area contributed by atoms with Crippen molar-refractivity contribution < 1.29 is 4.74 Å². The van der Waals surface area contributed by atoms with E-state index in [1.807, 2.05) is 14.0 Å². The summed E-state index contributed by atoms with van der Waals surface area (Å²) < 4.78 is 5.82. The first kappa shape index (κ1) is 17.0. The molecule has 18 heavy (non-hydrogen) atoms. The lowest BCUT2D eigenvalue weighted by molar-refractivity contribution is -0.0207. The third-order valence-electron chi connectivity index (χ3n) is 2.34. The summed E-state index contributed by atoms with van der Waals surface area (Å²) >= 11 is 0. The molecule has 0 aliphatic rings. The molecule has 0 radical (unpaired) electrons. The van der Waals surface area contributed by atoms with Gasteiger partial charge < -0.3 is 10.1 Å². The maximum absolute atomic E-state index is 5.82. The Morgan fingerprint density at radius 3 is 2.33 bits per heavy atom. The number of hydrogen-bond donors (Lipinski definition) is 1. The predicted octanol–water partition coefficient (Wildman–Crippen LogP) is 2.83. The maximum atomic E-state index is 5.82. The highest BCUT2D eigenvalue weighted by molar-refractivity contribution is 5.03. The standard InChI is InChI=1S/C16H27NO/c1-6-7-11-15(14-18-16(2,3)4)12-9-8-10-13-17-5/h15,17H,10-14H2,1-5H3. The smallest absolute Gasteiger partial charge is 0.0598 e. The monoisotopic (exact) mass is 249 g/mol. The second-order valence-corrected chi connectivity index (χ2v) is 5.33. The minimum absolute atomic E-state index is 0.0859. The SMILES string of the molecule is CC#CCC(CC#CCCNC)COC(C)(C)C. The van der Waals surface area contributed by atoms with Crippen molar-refractivity contribution in [1.82, 2.24) is 5.32 Å². The molecule has 102 valence electrons. The lowest BCUT2D eigenvalue weighted by Crippen LogP contribution is -2.23. The molecule has 0 fully saturated rings. The Morgan fingerprint density at radius 1 is 1.11 bits per heavy atom. The summed E-state index contributed by atoms with van der Waals surface area (Å²) in [5.74, 6) is 12.9. The molecule has 0 aromatic rings. The highest BCUT2D eigenvalue weighted by Crippen LogP contribution is 2.14. The zero-order valence-corrected chi connectivity index (χ0v) is 12.5. The van der Waals surface area contributed by atoms with Crippen molar-refractivity contribution >= 4 is 0 Å². The van der Waals surface area contributed by atoms with Crippen LogP contribution in [0.5, 0.6) is 0 Å². The molecule has 2 heteroatoms. The first-order valence-corrected chi connectivity index (χ1v) is 6.63. The summed E-state index contributed by atoms with van der Waals surface area (Å²) in [6, 6.07) is 0. The lowest BCUT2D eigenvalue weighted by Gasteiger charge is -2.22. The highest BCUT2D eigenvalue weighted by Gasteiger charge is 2.14. The van der Waals surface area contributed by atoms with E-state index in [1.54, 1.807) is 0 Å². The minimum Gasteiger partial charge on any atom is -0.376 e. The van der Waals surface area contributed by atoms with Crippen LogP contribution in [0, 0.1) is 29.6 Å². The van der Waals surface area contributed by atoms with Gasteiger partial charge in [0, 0.05) is 31.7 Å². The van der Waals surface area contributed by atoms with Crippen LogP contribution in [-0.2, 0) is 4.74 Å². The number of rotatable bonds is 6. The van der Waals surface area contributed by atoms with Crippen LogP contribution in [0.2, 0.25) is 0 Å². The zero-order valence-electron chi connectivity index (χ0n) is 12.5. The molecule has 0 aliphatic heterocycles. The van der Waals surface area contributed by atoms with Crippen LogP contribution < -0.4 is 5.32 Å². The fourth-order valence-electron chi connectivity index (χ4n) is 1.30. The Labute approximate surface area is 113 Å². The molecule has 1 unspecified atom stereocenters. The topological polar surface area (TPSA) is 21.3 Å². The molecular weight excluding hydrogens is 222 g/mol. The first-order chi connectivity index (χ1) is 8.49. The Hall–Kier alpha value is -0.960. The van der Waals surface area contributed by atoms with Crippen LogP contribution in [-0.4, -0.2) is 25.8 Å². The van der Waals surface area contributed by atoms with Crippen LogP contribution in [0.25, 0.3) is 0 Å². The Kier molecular flexibility index (Phi) is 9.47. The van der Waals surface area contributed by atoms with Gasteiger partial charge in [-0.1, -0.05) is 0 Å². The predicted molar refractivity (Wildman–Crippen MR) is 78.2 cm³/mol. The molecule has 0 saturated carbocycles. The molecule has 0 saturated heterocycles. The van der Waals surface area contributed by atoms with Gasteiger partial charge in [0.2, 0.25) is 0 Å². The minimum atomic E-state index is -0.0859. The number of ether oxygens (including phenoxy) is 1. The third-order valence-corrected chi connectivity index (χ3v) is 2.34. The molecule has 0 aromatic carbocycles. The van der Waals surface area contributed by atoms with Crippen molar-refractivity contribution in [3.05, 3.63) is 0 Å². The molecule has 0 aromatic heterocycles. The van der Waals surface area contributed by atoms with Crippen molar-refractivity contribution in [2.75, 3.05) is 20.2 Å². The maximum Gasteiger partial charge on any atom is 0.0598 e. The fourth-order valence-corrected chi connectivity index (χ4v) is 1.30. The molecule has 0 amide bonds. The lowest BCUT2D eigenvalue weighted by atomic mass is 10.0. The van der Waals surface area contributed by atoms with Gasteiger partial charge in [-0.2, -0.15) is 0 Å². The Morgan fingerprint density at radius 2 is 1.78 bits per heavy atom. The van der Waals surface area contributed by atoms with Gasteiger partial charge >= 0.3 is 0 Å². The second kappa shape index (κ2) is 10.0. The largest absolute Gasteiger partial charge is 0.376 e. The zero-order chi connectivity index (χ0) is 13.9. The van der Waals surface area contributed by atoms with Crippen molar-refractivity contribution in [2.24, 2.45) is 5.92 Å². The van der Waals surface area contributed by atoms with E-state index in [2.05, 4.69) is 49.8 Å². The van der Waals surface area contributed by atoms with E-state index < -0.39 is 0 Å². The van der Waals surface area contributed by atoms with Gasteiger partial charge in [0.05, 0.1) is 12.2 Å². The summed E-state index contributed by atoms with van der Waals surface area (Å²) in [5.41, 5.74) is -0.0859. The van der Waals surface area contributed by atoms with Crippen molar-refractivity contribution in [2.45, 2.75) is 52.6 Å². The summed E-state index contributed by atoms with van der Waals surface area (Å²) in [6.45, 7) is 9.79. The van der Waals surface area contributed by atoms with Crippen molar-refractivity contribution in [3.63, 3.8) is 0 Å². The second-order valence-electron chi connectivity index (χ2n) is 5.33. The van der Waals surface area contributed by atoms with E-state index in [-0.39, 0.29) is 5.60 Å². The van der Waals surface area contributed by atoms with E-state index in [0.717, 1.165) is 32.4 Å². The van der Waals surface area contributed by atoms with Crippen molar-refractivity contribution in [1.29, 1.82) is 0 Å². The molecule has 0 bridgehead atoms. The summed E-state index contributed by atoms with van der Waals surface area (Å²) in [5, 5.41) is 3.09. The molecule has 0 heterocycles. The van der Waals surface area contributed by atoms with E-state index in [1.165, 1.54) is 0 Å². The van der Waals surface area contributed by atoms with Gasteiger partial charge in [-0.25, -0.2) is 0 Å². The van der Waals surface area contributed by atoms with Crippen LogP contribution in [0.1, 0.15) is 47.0 Å². The van der Waals surface area contributed by atoms with Gasteiger partial charge in [-0.15, -0.1) is 23.7 Å². The van der Waals surface area contributed by atoms with Gasteiger partial charge in [0.25, 0.3) is 0 Å². The molecule has 1 N–H and O–H groups in total. The van der Waals surface area contributed by atoms with E-state index >= 15 is 0 Å². The van der Waals surface area contributed by atoms with Crippen LogP contribution in [0.4, 0.5) is 0 Å². The van der Waals surface area contributed by atoms with Gasteiger partial charge in [-0.3, -0.25) is 0 Å². The van der Waals surface area contributed by atoms with Gasteiger partial charge in [0.1, 0.15) is 0 Å². The molecule has 1 atom stereocenters. The fraction of sp³-hybridized carbons (Fsp3) is 0.750. The van der Waals surface area contributed by atoms with E-state index in [0.29, 0.717) is 5.92 Å².